The van der Waals surface area contributed by atoms with Gasteiger partial charge in [-0.1, -0.05) is 24.3 Å². The second-order valence-electron chi connectivity index (χ2n) is 8.04. The Hall–Kier alpha value is -4.12. The number of benzene rings is 2. The van der Waals surface area contributed by atoms with Crippen molar-refractivity contribution in [2.75, 3.05) is 14.2 Å². The molecule has 2 aromatic carbocycles. The van der Waals surface area contributed by atoms with Gasteiger partial charge in [0.2, 0.25) is 0 Å². The highest BCUT2D eigenvalue weighted by Crippen LogP contribution is 2.36. The second kappa shape index (κ2) is 9.17. The SMILES string of the molecule is COc1cccc(C(c2ccc[nH]2)c2ccc(C(c3cccc(OC)c3)c3ccc[nH]3)[nH]2)c1. The van der Waals surface area contributed by atoms with Crippen LogP contribution in [0.3, 0.4) is 0 Å². The third-order valence-electron chi connectivity index (χ3n) is 6.07. The van der Waals surface area contributed by atoms with E-state index in [1.807, 2.05) is 48.8 Å². The third-order valence-corrected chi connectivity index (χ3v) is 6.07. The van der Waals surface area contributed by atoms with Crippen LogP contribution in [0.5, 0.6) is 11.5 Å². The van der Waals surface area contributed by atoms with Crippen LogP contribution in [-0.2, 0) is 0 Å². The monoisotopic (exact) mass is 437 g/mol. The summed E-state index contributed by atoms with van der Waals surface area (Å²) in [5.41, 5.74) is 6.77. The highest BCUT2D eigenvalue weighted by Gasteiger charge is 2.24. The Kier molecular flexibility index (Phi) is 5.77. The van der Waals surface area contributed by atoms with Gasteiger partial charge in [0, 0.05) is 35.2 Å². The van der Waals surface area contributed by atoms with Gasteiger partial charge < -0.3 is 24.4 Å². The molecule has 0 aliphatic heterocycles. The Labute approximate surface area is 193 Å². The predicted molar refractivity (Wildman–Crippen MR) is 130 cm³/mol. The first-order valence-corrected chi connectivity index (χ1v) is 11.0. The summed E-state index contributed by atoms with van der Waals surface area (Å²) in [6, 6.07) is 29.1. The molecule has 3 heterocycles. The largest absolute Gasteiger partial charge is 0.497 e. The van der Waals surface area contributed by atoms with Gasteiger partial charge in [-0.15, -0.1) is 0 Å². The van der Waals surface area contributed by atoms with E-state index >= 15 is 0 Å². The van der Waals surface area contributed by atoms with Gasteiger partial charge in [-0.3, -0.25) is 0 Å². The van der Waals surface area contributed by atoms with Crippen LogP contribution in [0.2, 0.25) is 0 Å². The zero-order valence-corrected chi connectivity index (χ0v) is 18.7. The molecule has 5 nitrogen and oxygen atoms in total. The van der Waals surface area contributed by atoms with Gasteiger partial charge in [-0.05, 0) is 71.8 Å². The maximum atomic E-state index is 5.49. The molecule has 2 unspecified atom stereocenters. The maximum Gasteiger partial charge on any atom is 0.119 e. The molecule has 0 saturated heterocycles. The van der Waals surface area contributed by atoms with Crippen molar-refractivity contribution in [2.24, 2.45) is 0 Å². The molecule has 2 atom stereocenters. The lowest BCUT2D eigenvalue weighted by Gasteiger charge is -2.18. The fourth-order valence-electron chi connectivity index (χ4n) is 4.51. The molecule has 0 amide bonds. The van der Waals surface area contributed by atoms with E-state index in [1.165, 1.54) is 0 Å². The summed E-state index contributed by atoms with van der Waals surface area (Å²) >= 11 is 0. The summed E-state index contributed by atoms with van der Waals surface area (Å²) in [6.07, 6.45) is 3.93. The van der Waals surface area contributed by atoms with Crippen molar-refractivity contribution in [1.29, 1.82) is 0 Å². The van der Waals surface area contributed by atoms with Crippen LogP contribution in [-0.4, -0.2) is 29.2 Å². The lowest BCUT2D eigenvalue weighted by atomic mass is 9.92. The Morgan fingerprint density at radius 3 is 1.42 bits per heavy atom. The molecule has 5 rings (SSSR count). The Bertz CT molecular complexity index is 1200. The molecular formula is C28H27N3O2. The minimum absolute atomic E-state index is 0.0263. The highest BCUT2D eigenvalue weighted by atomic mass is 16.5. The van der Waals surface area contributed by atoms with Crippen LogP contribution in [0.1, 0.15) is 45.7 Å². The van der Waals surface area contributed by atoms with Crippen molar-refractivity contribution in [3.05, 3.63) is 131 Å². The minimum Gasteiger partial charge on any atom is -0.497 e. The molecule has 5 heteroatoms. The van der Waals surface area contributed by atoms with Crippen molar-refractivity contribution < 1.29 is 9.47 Å². The van der Waals surface area contributed by atoms with E-state index < -0.39 is 0 Å². The zero-order valence-electron chi connectivity index (χ0n) is 18.7. The van der Waals surface area contributed by atoms with Gasteiger partial charge in [0.15, 0.2) is 0 Å². The van der Waals surface area contributed by atoms with Gasteiger partial charge in [0.1, 0.15) is 11.5 Å². The molecule has 0 aliphatic carbocycles. The number of hydrogen-bond acceptors (Lipinski definition) is 2. The van der Waals surface area contributed by atoms with E-state index in [-0.39, 0.29) is 11.8 Å². The van der Waals surface area contributed by atoms with Gasteiger partial charge in [0.05, 0.1) is 26.1 Å². The molecule has 0 saturated carbocycles. The maximum absolute atomic E-state index is 5.49. The first kappa shape index (κ1) is 20.8. The van der Waals surface area contributed by atoms with E-state index in [9.17, 15) is 0 Å². The average molecular weight is 438 g/mol. The number of rotatable bonds is 8. The summed E-state index contributed by atoms with van der Waals surface area (Å²) in [7, 11) is 3.40. The lowest BCUT2D eigenvalue weighted by molar-refractivity contribution is 0.414. The van der Waals surface area contributed by atoms with Crippen molar-refractivity contribution in [1.82, 2.24) is 15.0 Å². The van der Waals surface area contributed by atoms with Crippen molar-refractivity contribution >= 4 is 0 Å². The van der Waals surface area contributed by atoms with Gasteiger partial charge >= 0.3 is 0 Å². The highest BCUT2D eigenvalue weighted by molar-refractivity contribution is 5.45. The number of ether oxygens (including phenoxy) is 2. The van der Waals surface area contributed by atoms with E-state index in [1.54, 1.807) is 14.2 Å². The van der Waals surface area contributed by atoms with Gasteiger partial charge in [-0.2, -0.15) is 0 Å². The van der Waals surface area contributed by atoms with Crippen molar-refractivity contribution in [3.8, 4) is 11.5 Å². The molecule has 0 spiro atoms. The molecule has 3 aromatic heterocycles. The quantitative estimate of drug-likeness (QED) is 0.277. The lowest BCUT2D eigenvalue weighted by Crippen LogP contribution is -2.07. The summed E-state index contributed by atoms with van der Waals surface area (Å²) in [6.45, 7) is 0. The number of aromatic nitrogens is 3. The fraction of sp³-hybridized carbons (Fsp3) is 0.143. The number of aromatic amines is 3. The standard InChI is InChI=1S/C28H27N3O2/c1-32-21-9-3-7-19(17-21)27(23-11-5-15-29-23)25-13-14-26(31-25)28(24-12-6-16-30-24)20-8-4-10-22(18-20)33-2/h3-18,27-31H,1-2H3. The summed E-state index contributed by atoms with van der Waals surface area (Å²) in [4.78, 5) is 10.5. The molecule has 0 fully saturated rings. The van der Waals surface area contributed by atoms with E-state index in [0.717, 1.165) is 45.4 Å². The number of hydrogen-bond donors (Lipinski definition) is 3. The second-order valence-corrected chi connectivity index (χ2v) is 8.04. The Morgan fingerprint density at radius 1 is 0.545 bits per heavy atom. The van der Waals surface area contributed by atoms with Gasteiger partial charge in [0.25, 0.3) is 0 Å². The third kappa shape index (κ3) is 4.17. The molecule has 0 radical (unpaired) electrons. The van der Waals surface area contributed by atoms with Crippen LogP contribution in [0.25, 0.3) is 0 Å². The number of methoxy groups -OCH3 is 2. The molecular weight excluding hydrogens is 410 g/mol. The molecule has 33 heavy (non-hydrogen) atoms. The zero-order chi connectivity index (χ0) is 22.6. The summed E-state index contributed by atoms with van der Waals surface area (Å²) < 4.78 is 11.0. The Morgan fingerprint density at radius 2 is 1.03 bits per heavy atom. The van der Waals surface area contributed by atoms with Crippen LogP contribution in [0.4, 0.5) is 0 Å². The van der Waals surface area contributed by atoms with Crippen molar-refractivity contribution in [2.45, 2.75) is 11.8 Å². The first-order chi connectivity index (χ1) is 16.3. The summed E-state index contributed by atoms with van der Waals surface area (Å²) in [5.74, 6) is 1.74. The van der Waals surface area contributed by atoms with E-state index in [0.29, 0.717) is 0 Å². The average Bonchev–Trinajstić information content (AvgIpc) is 3.64. The van der Waals surface area contributed by atoms with Crippen LogP contribution in [0.15, 0.2) is 97.3 Å². The summed E-state index contributed by atoms with van der Waals surface area (Å²) in [5, 5.41) is 0. The van der Waals surface area contributed by atoms with Gasteiger partial charge in [-0.25, -0.2) is 0 Å². The fourth-order valence-corrected chi connectivity index (χ4v) is 4.51. The molecule has 0 aliphatic rings. The van der Waals surface area contributed by atoms with Crippen LogP contribution < -0.4 is 9.47 Å². The van der Waals surface area contributed by atoms with Crippen LogP contribution >= 0.6 is 0 Å². The number of nitrogens with one attached hydrogen (secondary N) is 3. The molecule has 3 N–H and O–H groups in total. The normalized spacial score (nSPS) is 12.9. The molecule has 5 aromatic rings. The van der Waals surface area contributed by atoms with E-state index in [2.05, 4.69) is 63.5 Å². The Balaban J connectivity index is 1.60. The smallest absolute Gasteiger partial charge is 0.119 e. The first-order valence-electron chi connectivity index (χ1n) is 11.0. The van der Waals surface area contributed by atoms with Crippen LogP contribution in [0, 0.1) is 0 Å². The molecule has 0 bridgehead atoms. The topological polar surface area (TPSA) is 65.8 Å². The van der Waals surface area contributed by atoms with Crippen molar-refractivity contribution in [3.63, 3.8) is 0 Å². The van der Waals surface area contributed by atoms with E-state index in [4.69, 9.17) is 9.47 Å². The molecule has 166 valence electrons. The minimum atomic E-state index is 0.0263. The predicted octanol–water partition coefficient (Wildman–Crippen LogP) is 6.05. The number of H-pyrrole nitrogens is 3.